The average Bonchev–Trinajstić information content (AvgIpc) is 3.11. The molecule has 7 heteroatoms. The number of carbonyl (C=O) groups is 3. The highest BCUT2D eigenvalue weighted by Crippen LogP contribution is 2.44. The molecule has 4 rings (SSSR count). The monoisotopic (exact) mass is 684 g/mol. The molecule has 1 aliphatic carbocycles. The predicted octanol–water partition coefficient (Wildman–Crippen LogP) is 10.2. The van der Waals surface area contributed by atoms with Gasteiger partial charge in [0.05, 0.1) is 19.6 Å². The van der Waals surface area contributed by atoms with Crippen molar-refractivity contribution in [2.45, 2.75) is 122 Å². The van der Waals surface area contributed by atoms with Crippen LogP contribution in [0, 0.1) is 5.92 Å². The van der Waals surface area contributed by atoms with E-state index in [1.54, 1.807) is 30.3 Å². The summed E-state index contributed by atoms with van der Waals surface area (Å²) in [7, 11) is 1.43. The Balaban J connectivity index is 1.37. The maximum Gasteiger partial charge on any atom is 0.308 e. The number of methoxy groups -OCH3 is 1. The molecule has 0 heterocycles. The zero-order valence-corrected chi connectivity index (χ0v) is 30.3. The fourth-order valence-corrected chi connectivity index (χ4v) is 7.31. The number of hydrogen-bond acceptors (Lipinski definition) is 7. The van der Waals surface area contributed by atoms with Crippen LogP contribution in [0.4, 0.5) is 0 Å². The van der Waals surface area contributed by atoms with E-state index in [-0.39, 0.29) is 17.6 Å². The molecule has 0 fully saturated rings. The number of phenols is 1. The lowest BCUT2D eigenvalue weighted by Crippen LogP contribution is -2.35. The van der Waals surface area contributed by atoms with Gasteiger partial charge in [0.2, 0.25) is 0 Å². The van der Waals surface area contributed by atoms with Crippen LogP contribution in [-0.4, -0.2) is 37.0 Å². The smallest absolute Gasteiger partial charge is 0.308 e. The third-order valence-electron chi connectivity index (χ3n) is 9.97. The minimum Gasteiger partial charge on any atom is -0.507 e. The van der Waals surface area contributed by atoms with E-state index in [0.29, 0.717) is 47.1 Å². The number of benzene rings is 3. The quantitative estimate of drug-likeness (QED) is 0.0639. The molecular weight excluding hydrogens is 628 g/mol. The van der Waals surface area contributed by atoms with Crippen LogP contribution in [0.15, 0.2) is 60.7 Å². The lowest BCUT2D eigenvalue weighted by atomic mass is 9.76. The Morgan fingerprint density at radius 1 is 0.840 bits per heavy atom. The summed E-state index contributed by atoms with van der Waals surface area (Å²) in [6.07, 6.45) is 20.7. The molecule has 0 spiro atoms. The van der Waals surface area contributed by atoms with E-state index in [9.17, 15) is 19.5 Å². The molecule has 270 valence electrons. The number of aromatic hydroxyl groups is 1. The summed E-state index contributed by atoms with van der Waals surface area (Å²) < 4.78 is 17.4. The minimum atomic E-state index is -1.27. The predicted molar refractivity (Wildman–Crippen MR) is 199 cm³/mol. The Morgan fingerprint density at radius 2 is 1.50 bits per heavy atom. The first-order valence-electron chi connectivity index (χ1n) is 18.7. The van der Waals surface area contributed by atoms with Crippen LogP contribution in [0.3, 0.4) is 0 Å². The van der Waals surface area contributed by atoms with Crippen molar-refractivity contribution in [2.75, 3.05) is 13.7 Å². The SMILES string of the molecule is CCCCCCCCCCCCCCCC(CCOc1ccc2c(O)ccc(C3(OC(C)=O)C=C(C=O)c4ccccc4C3)c2c1)C(=O)OC. The van der Waals surface area contributed by atoms with Gasteiger partial charge in [-0.05, 0) is 59.7 Å². The van der Waals surface area contributed by atoms with Crippen molar-refractivity contribution >= 4 is 34.6 Å². The molecule has 3 aromatic rings. The van der Waals surface area contributed by atoms with Crippen LogP contribution in [0.25, 0.3) is 16.3 Å². The van der Waals surface area contributed by atoms with Gasteiger partial charge in [0, 0.05) is 29.9 Å². The van der Waals surface area contributed by atoms with Crippen molar-refractivity contribution in [3.63, 3.8) is 0 Å². The second kappa shape index (κ2) is 19.9. The van der Waals surface area contributed by atoms with E-state index >= 15 is 0 Å². The second-order valence-electron chi connectivity index (χ2n) is 13.8. The summed E-state index contributed by atoms with van der Waals surface area (Å²) in [4.78, 5) is 37.4. The number of allylic oxidation sites excluding steroid dienone is 1. The van der Waals surface area contributed by atoms with E-state index in [1.165, 1.54) is 84.7 Å². The Morgan fingerprint density at radius 3 is 2.14 bits per heavy atom. The van der Waals surface area contributed by atoms with Gasteiger partial charge in [-0.15, -0.1) is 0 Å². The van der Waals surface area contributed by atoms with E-state index in [0.717, 1.165) is 36.7 Å². The third-order valence-corrected chi connectivity index (χ3v) is 9.97. The Kier molecular flexibility index (Phi) is 15.4. The van der Waals surface area contributed by atoms with Gasteiger partial charge >= 0.3 is 11.9 Å². The standard InChI is InChI=1S/C43H56O7/c1-4-5-6-7-8-9-10-11-12-13-14-15-16-19-33(42(47)48-3)26-27-49-36-22-23-38-39(28-36)40(24-25-41(38)46)43(50-32(2)45)29-34-20-17-18-21-37(34)35(30-43)31-44/h17-18,20-25,28,30-31,33,46H,4-16,19,26-27,29H2,1-3H3. The van der Waals surface area contributed by atoms with Crippen LogP contribution < -0.4 is 4.74 Å². The normalized spacial score (nSPS) is 15.9. The number of esters is 2. The van der Waals surface area contributed by atoms with Gasteiger partial charge in [0.1, 0.15) is 11.5 Å². The van der Waals surface area contributed by atoms with E-state index in [4.69, 9.17) is 14.2 Å². The van der Waals surface area contributed by atoms with Crippen molar-refractivity contribution in [1.82, 2.24) is 0 Å². The number of unbranched alkanes of at least 4 members (excludes halogenated alkanes) is 12. The Bertz CT molecular complexity index is 1590. The lowest BCUT2D eigenvalue weighted by Gasteiger charge is -2.36. The lowest BCUT2D eigenvalue weighted by molar-refractivity contribution is -0.153. The third kappa shape index (κ3) is 10.7. The maximum absolute atomic E-state index is 12.6. The number of ether oxygens (including phenoxy) is 3. The fourth-order valence-electron chi connectivity index (χ4n) is 7.31. The van der Waals surface area contributed by atoms with Gasteiger partial charge in [-0.2, -0.15) is 0 Å². The van der Waals surface area contributed by atoms with Crippen LogP contribution in [-0.2, 0) is 35.9 Å². The topological polar surface area (TPSA) is 99.1 Å². The van der Waals surface area contributed by atoms with E-state index < -0.39 is 11.6 Å². The number of aldehydes is 1. The maximum atomic E-state index is 12.6. The molecule has 0 saturated heterocycles. The first-order valence-corrected chi connectivity index (χ1v) is 18.7. The highest BCUT2D eigenvalue weighted by atomic mass is 16.6. The van der Waals surface area contributed by atoms with Gasteiger partial charge < -0.3 is 19.3 Å². The summed E-state index contributed by atoms with van der Waals surface area (Å²) in [5.74, 6) is -0.307. The molecule has 0 radical (unpaired) electrons. The first-order chi connectivity index (χ1) is 24.3. The van der Waals surface area contributed by atoms with Crippen LogP contribution in [0.2, 0.25) is 0 Å². The average molecular weight is 685 g/mol. The molecule has 0 aliphatic heterocycles. The van der Waals surface area contributed by atoms with E-state index in [2.05, 4.69) is 6.92 Å². The highest BCUT2D eigenvalue weighted by molar-refractivity contribution is 6.09. The van der Waals surface area contributed by atoms with Crippen molar-refractivity contribution in [3.8, 4) is 11.5 Å². The van der Waals surface area contributed by atoms with Crippen LogP contribution >= 0.6 is 0 Å². The molecule has 0 amide bonds. The molecule has 0 bridgehead atoms. The number of carbonyl (C=O) groups excluding carboxylic acids is 3. The molecule has 3 aromatic carbocycles. The first kappa shape index (κ1) is 38.7. The molecule has 0 saturated carbocycles. The van der Waals surface area contributed by atoms with Crippen LogP contribution in [0.1, 0.15) is 127 Å². The second-order valence-corrected chi connectivity index (χ2v) is 13.8. The number of fused-ring (bicyclic) bond motifs is 2. The zero-order valence-electron chi connectivity index (χ0n) is 30.3. The number of hydrogen-bond donors (Lipinski definition) is 1. The van der Waals surface area contributed by atoms with Gasteiger partial charge in [-0.25, -0.2) is 0 Å². The molecule has 1 N–H and O–H groups in total. The highest BCUT2D eigenvalue weighted by Gasteiger charge is 2.40. The largest absolute Gasteiger partial charge is 0.507 e. The van der Waals surface area contributed by atoms with Gasteiger partial charge in [-0.3, -0.25) is 14.4 Å². The summed E-state index contributed by atoms with van der Waals surface area (Å²) >= 11 is 0. The molecule has 2 unspecified atom stereocenters. The van der Waals surface area contributed by atoms with Crippen molar-refractivity contribution in [1.29, 1.82) is 0 Å². The van der Waals surface area contributed by atoms with Gasteiger partial charge in [-0.1, -0.05) is 121 Å². The molecule has 1 aliphatic rings. The van der Waals surface area contributed by atoms with Gasteiger partial charge in [0.25, 0.3) is 0 Å². The summed E-state index contributed by atoms with van der Waals surface area (Å²) in [5, 5.41) is 12.0. The van der Waals surface area contributed by atoms with Gasteiger partial charge in [0.15, 0.2) is 11.9 Å². The Hall–Kier alpha value is -4.13. The number of phenolic OH excluding ortho intramolecular Hbond substituents is 1. The summed E-state index contributed by atoms with van der Waals surface area (Å²) in [5.41, 5.74) is 1.47. The summed E-state index contributed by atoms with van der Waals surface area (Å²) in [6.45, 7) is 3.92. The molecule has 50 heavy (non-hydrogen) atoms. The van der Waals surface area contributed by atoms with Crippen LogP contribution in [0.5, 0.6) is 11.5 Å². The van der Waals surface area contributed by atoms with E-state index in [1.807, 2.05) is 30.3 Å². The zero-order chi connectivity index (χ0) is 35.8. The minimum absolute atomic E-state index is 0.0765. The van der Waals surface area contributed by atoms with Crippen molar-refractivity contribution in [3.05, 3.63) is 77.4 Å². The molecule has 2 atom stereocenters. The van der Waals surface area contributed by atoms with Crippen molar-refractivity contribution in [2.24, 2.45) is 5.92 Å². The Labute approximate surface area is 298 Å². The molecule has 7 nitrogen and oxygen atoms in total. The van der Waals surface area contributed by atoms with Crippen molar-refractivity contribution < 1.29 is 33.7 Å². The molecule has 0 aromatic heterocycles. The fraction of sp³-hybridized carbons (Fsp3) is 0.512. The summed E-state index contributed by atoms with van der Waals surface area (Å²) in [6, 6.07) is 16.3. The number of rotatable bonds is 22. The molecular formula is C43H56O7.